The van der Waals surface area contributed by atoms with Crippen LogP contribution in [0.15, 0.2) is 60.8 Å². The summed E-state index contributed by atoms with van der Waals surface area (Å²) in [5, 5.41) is 10.7. The molecular formula is C21H23IN2O. The molecule has 0 spiro atoms. The summed E-state index contributed by atoms with van der Waals surface area (Å²) >= 11 is 2.56. The minimum atomic E-state index is 0.104. The molecule has 1 aromatic heterocycles. The first-order valence-electron chi connectivity index (χ1n) is 8.89. The van der Waals surface area contributed by atoms with Gasteiger partial charge in [-0.2, -0.15) is 0 Å². The summed E-state index contributed by atoms with van der Waals surface area (Å²) < 4.78 is 2.86. The lowest BCUT2D eigenvalue weighted by molar-refractivity contribution is 0.183. The van der Waals surface area contributed by atoms with Crippen molar-refractivity contribution in [2.45, 2.75) is 29.5 Å². The zero-order valence-electron chi connectivity index (χ0n) is 14.2. The standard InChI is InChI=1S/C21H23IN2O/c22-21(18-4-2-1-3-5-18)23-11-9-19(10-12-23)24-13-8-17-7-6-16(15-25)14-20(17)24/h1-8,13-14,19,21,25H,9-12,15H2. The molecule has 25 heavy (non-hydrogen) atoms. The van der Waals surface area contributed by atoms with Gasteiger partial charge in [0.15, 0.2) is 0 Å². The molecule has 1 fully saturated rings. The van der Waals surface area contributed by atoms with Crippen LogP contribution in [0.2, 0.25) is 0 Å². The Morgan fingerprint density at radius 3 is 2.52 bits per heavy atom. The summed E-state index contributed by atoms with van der Waals surface area (Å²) in [5.74, 6) is 0. The van der Waals surface area contributed by atoms with E-state index >= 15 is 0 Å². The fraction of sp³-hybridized carbons (Fsp3) is 0.333. The molecule has 1 aliphatic heterocycles. The SMILES string of the molecule is OCc1ccc2ccn(C3CCN(C(I)c4ccccc4)CC3)c2c1. The quantitative estimate of drug-likeness (QED) is 0.351. The number of halogens is 1. The number of likely N-dealkylation sites (tertiary alicyclic amines) is 1. The number of rotatable bonds is 4. The number of aliphatic hydroxyl groups excluding tert-OH is 1. The van der Waals surface area contributed by atoms with Crippen molar-refractivity contribution in [3.05, 3.63) is 71.9 Å². The fourth-order valence-corrected chi connectivity index (χ4v) is 4.80. The van der Waals surface area contributed by atoms with Crippen molar-refractivity contribution >= 4 is 33.5 Å². The monoisotopic (exact) mass is 446 g/mol. The number of hydrogen-bond acceptors (Lipinski definition) is 2. The van der Waals surface area contributed by atoms with Crippen LogP contribution >= 0.6 is 22.6 Å². The normalized spacial score (nSPS) is 17.8. The van der Waals surface area contributed by atoms with E-state index in [4.69, 9.17) is 0 Å². The van der Waals surface area contributed by atoms with Crippen LogP contribution in [0.25, 0.3) is 10.9 Å². The summed E-state index contributed by atoms with van der Waals surface area (Å²) in [5.41, 5.74) is 3.63. The van der Waals surface area contributed by atoms with Gasteiger partial charge in [0.1, 0.15) is 0 Å². The van der Waals surface area contributed by atoms with Gasteiger partial charge >= 0.3 is 0 Å². The number of nitrogens with zero attached hydrogens (tertiary/aromatic N) is 2. The Kier molecular flexibility index (Phi) is 5.10. The number of benzene rings is 2. The molecule has 0 saturated carbocycles. The third kappa shape index (κ3) is 3.48. The highest BCUT2D eigenvalue weighted by atomic mass is 127. The zero-order chi connectivity index (χ0) is 17.2. The molecule has 0 bridgehead atoms. The number of aliphatic hydroxyl groups is 1. The first kappa shape index (κ1) is 17.1. The maximum Gasteiger partial charge on any atom is 0.0874 e. The van der Waals surface area contributed by atoms with E-state index in [-0.39, 0.29) is 6.61 Å². The van der Waals surface area contributed by atoms with Crippen LogP contribution < -0.4 is 0 Å². The van der Waals surface area contributed by atoms with Crippen molar-refractivity contribution in [2.75, 3.05) is 13.1 Å². The Morgan fingerprint density at radius 2 is 1.80 bits per heavy atom. The van der Waals surface area contributed by atoms with Crippen molar-refractivity contribution in [3.63, 3.8) is 0 Å². The Balaban J connectivity index is 1.49. The molecule has 1 N–H and O–H groups in total. The third-order valence-electron chi connectivity index (χ3n) is 5.26. The molecule has 2 heterocycles. The van der Waals surface area contributed by atoms with E-state index in [0.717, 1.165) is 18.7 Å². The summed E-state index contributed by atoms with van der Waals surface area (Å²) in [4.78, 5) is 2.58. The second kappa shape index (κ2) is 7.48. The number of alkyl halides is 1. The van der Waals surface area contributed by atoms with Gasteiger partial charge in [0.2, 0.25) is 0 Å². The second-order valence-electron chi connectivity index (χ2n) is 6.79. The van der Waals surface area contributed by atoms with Gasteiger partial charge in [-0.15, -0.1) is 0 Å². The highest BCUT2D eigenvalue weighted by Gasteiger charge is 2.25. The van der Waals surface area contributed by atoms with Crippen molar-refractivity contribution in [2.24, 2.45) is 0 Å². The molecule has 1 saturated heterocycles. The molecule has 1 aliphatic rings. The van der Waals surface area contributed by atoms with Crippen LogP contribution in [0.1, 0.15) is 34.1 Å². The maximum absolute atomic E-state index is 9.42. The Hall–Kier alpha value is -1.37. The van der Waals surface area contributed by atoms with E-state index in [2.05, 4.69) is 86.8 Å². The van der Waals surface area contributed by atoms with Crippen LogP contribution in [-0.2, 0) is 6.61 Å². The first-order chi connectivity index (χ1) is 12.3. The average Bonchev–Trinajstić information content (AvgIpc) is 3.11. The zero-order valence-corrected chi connectivity index (χ0v) is 16.3. The van der Waals surface area contributed by atoms with Gasteiger partial charge in [-0.1, -0.05) is 65.1 Å². The minimum Gasteiger partial charge on any atom is -0.392 e. The molecule has 4 heteroatoms. The fourth-order valence-electron chi connectivity index (χ4n) is 3.82. The van der Waals surface area contributed by atoms with Gasteiger partial charge in [0, 0.05) is 30.8 Å². The molecule has 3 aromatic rings. The summed E-state index contributed by atoms with van der Waals surface area (Å²) in [6.07, 6.45) is 4.55. The van der Waals surface area contributed by atoms with E-state index in [0.29, 0.717) is 10.1 Å². The van der Waals surface area contributed by atoms with Gasteiger partial charge in [-0.3, -0.25) is 4.90 Å². The second-order valence-corrected chi connectivity index (χ2v) is 7.97. The Morgan fingerprint density at radius 1 is 1.04 bits per heavy atom. The van der Waals surface area contributed by atoms with Crippen LogP contribution in [-0.4, -0.2) is 27.7 Å². The third-order valence-corrected chi connectivity index (χ3v) is 6.76. The van der Waals surface area contributed by atoms with Crippen LogP contribution in [0, 0.1) is 0 Å². The van der Waals surface area contributed by atoms with Crippen molar-refractivity contribution in [3.8, 4) is 0 Å². The van der Waals surface area contributed by atoms with Crippen LogP contribution in [0.3, 0.4) is 0 Å². The molecule has 130 valence electrons. The molecule has 1 unspecified atom stereocenters. The molecule has 0 amide bonds. The van der Waals surface area contributed by atoms with Crippen molar-refractivity contribution in [1.82, 2.24) is 9.47 Å². The van der Waals surface area contributed by atoms with E-state index in [1.807, 2.05) is 6.07 Å². The lowest BCUT2D eigenvalue weighted by Gasteiger charge is -2.36. The van der Waals surface area contributed by atoms with Gasteiger partial charge in [-0.25, -0.2) is 0 Å². The van der Waals surface area contributed by atoms with E-state index in [9.17, 15) is 5.11 Å². The molecule has 0 aliphatic carbocycles. The van der Waals surface area contributed by atoms with Crippen molar-refractivity contribution in [1.29, 1.82) is 0 Å². The van der Waals surface area contributed by atoms with Gasteiger partial charge in [0.05, 0.1) is 10.7 Å². The molecule has 2 aromatic carbocycles. The molecule has 3 nitrogen and oxygen atoms in total. The Labute approximate surface area is 162 Å². The number of aromatic nitrogens is 1. The van der Waals surface area contributed by atoms with E-state index in [1.54, 1.807) is 0 Å². The highest BCUT2D eigenvalue weighted by Crippen LogP contribution is 2.34. The Bertz CT molecular complexity index is 837. The number of hydrogen-bond donors (Lipinski definition) is 1. The first-order valence-corrected chi connectivity index (χ1v) is 10.1. The predicted octanol–water partition coefficient (Wildman–Crippen LogP) is 4.90. The maximum atomic E-state index is 9.42. The largest absolute Gasteiger partial charge is 0.392 e. The van der Waals surface area contributed by atoms with Crippen molar-refractivity contribution < 1.29 is 5.11 Å². The molecular weight excluding hydrogens is 423 g/mol. The smallest absolute Gasteiger partial charge is 0.0874 e. The van der Waals surface area contributed by atoms with Crippen LogP contribution in [0.4, 0.5) is 0 Å². The predicted molar refractivity (Wildman–Crippen MR) is 111 cm³/mol. The van der Waals surface area contributed by atoms with E-state index < -0.39 is 0 Å². The highest BCUT2D eigenvalue weighted by molar-refractivity contribution is 14.1. The van der Waals surface area contributed by atoms with Gasteiger partial charge in [-0.05, 0) is 41.5 Å². The summed E-state index contributed by atoms with van der Waals surface area (Å²) in [6, 6.07) is 19.8. The summed E-state index contributed by atoms with van der Waals surface area (Å²) in [7, 11) is 0. The van der Waals surface area contributed by atoms with E-state index in [1.165, 1.54) is 29.3 Å². The lowest BCUT2D eigenvalue weighted by atomic mass is 10.0. The topological polar surface area (TPSA) is 28.4 Å². The average molecular weight is 446 g/mol. The van der Waals surface area contributed by atoms with Crippen LogP contribution in [0.5, 0.6) is 0 Å². The minimum absolute atomic E-state index is 0.104. The lowest BCUT2D eigenvalue weighted by Crippen LogP contribution is -2.35. The van der Waals surface area contributed by atoms with Gasteiger partial charge < -0.3 is 9.67 Å². The molecule has 1 atom stereocenters. The summed E-state index contributed by atoms with van der Waals surface area (Å²) in [6.45, 7) is 2.34. The van der Waals surface area contributed by atoms with Gasteiger partial charge in [0.25, 0.3) is 0 Å². The molecule has 4 rings (SSSR count). The number of piperidine rings is 1. The number of fused-ring (bicyclic) bond motifs is 1. The molecule has 0 radical (unpaired) electrons.